The lowest BCUT2D eigenvalue weighted by Crippen LogP contribution is -2.53. The van der Waals surface area contributed by atoms with Gasteiger partial charge in [0, 0.05) is 12.7 Å². The van der Waals surface area contributed by atoms with Gasteiger partial charge in [-0.05, 0) is 220 Å². The highest BCUT2D eigenvalue weighted by Gasteiger charge is 2.65. The molecule has 5 unspecified atom stereocenters. The number of aryl methyl sites for hydroxylation is 5. The molecule has 0 amide bonds. The van der Waals surface area contributed by atoms with Gasteiger partial charge in [0.2, 0.25) is 5.41 Å². The summed E-state index contributed by atoms with van der Waals surface area (Å²) in [6.45, 7) is 35.0. The van der Waals surface area contributed by atoms with E-state index in [0.717, 1.165) is 74.4 Å². The Bertz CT molecular complexity index is 4420. The molecule has 1 heterocycles. The first kappa shape index (κ1) is 90.8. The van der Waals surface area contributed by atoms with Crippen molar-refractivity contribution >= 4 is 87.1 Å². The van der Waals surface area contributed by atoms with Crippen LogP contribution in [0.15, 0.2) is 220 Å². The second-order valence-electron chi connectivity index (χ2n) is 30.1. The number of thioether (sulfide) groups is 1. The van der Waals surface area contributed by atoms with Crippen molar-refractivity contribution in [2.75, 3.05) is 6.26 Å². The molecule has 110 heavy (non-hydrogen) atoms. The number of Topliss-reactive ketones (excluding diaryl/α,β-unsaturated/α-hetero) is 3. The Balaban J connectivity index is 0.000000265. The summed E-state index contributed by atoms with van der Waals surface area (Å²) in [5.74, 6) is -4.79. The van der Waals surface area contributed by atoms with E-state index in [4.69, 9.17) is 18.9 Å². The molecule has 0 saturated carbocycles. The number of ketones is 3. The predicted octanol–water partition coefficient (Wildman–Crippen LogP) is 20.4. The van der Waals surface area contributed by atoms with Crippen molar-refractivity contribution in [2.45, 2.75) is 187 Å². The lowest BCUT2D eigenvalue weighted by Gasteiger charge is -2.35. The average molecular weight is 1540 g/mol. The summed E-state index contributed by atoms with van der Waals surface area (Å²) < 4.78 is 86.5. The van der Waals surface area contributed by atoms with Gasteiger partial charge in [-0.15, -0.1) is 0 Å². The summed E-state index contributed by atoms with van der Waals surface area (Å²) in [5.41, 5.74) is 2.43. The monoisotopic (exact) mass is 1540 g/mol. The van der Waals surface area contributed by atoms with E-state index in [1.807, 2.05) is 189 Å². The Morgan fingerprint density at radius 3 is 1.26 bits per heavy atom. The van der Waals surface area contributed by atoms with Crippen molar-refractivity contribution in [3.63, 3.8) is 0 Å². The Morgan fingerprint density at radius 2 is 0.891 bits per heavy atom. The maximum absolute atomic E-state index is 13.8. The molecule has 0 bridgehead atoms. The van der Waals surface area contributed by atoms with Crippen LogP contribution in [0.5, 0.6) is 0 Å². The number of ether oxygens (including phenoxy) is 4. The van der Waals surface area contributed by atoms with Gasteiger partial charge in [0.25, 0.3) is 0 Å². The first-order valence-corrected chi connectivity index (χ1v) is 39.3. The normalized spacial score (nSPS) is 14.9. The first-order valence-electron chi connectivity index (χ1n) is 36.5. The van der Waals surface area contributed by atoms with Crippen LogP contribution in [0.4, 0.5) is 13.2 Å². The second kappa shape index (κ2) is 39.7. The maximum atomic E-state index is 13.8. The number of rotatable bonds is 30. The van der Waals surface area contributed by atoms with Crippen LogP contribution in [0.25, 0.3) is 24.3 Å². The number of carbonyl (C=O) groups is 7. The summed E-state index contributed by atoms with van der Waals surface area (Å²) in [6, 6.07) is 57.7. The molecule has 0 aliphatic carbocycles. The van der Waals surface area contributed by atoms with Crippen LogP contribution in [0.2, 0.25) is 0 Å². The van der Waals surface area contributed by atoms with E-state index < -0.39 is 89.9 Å². The standard InChI is InChI=1S/C29H30O3.C25H26O3S.C20H25F3O3.C18H26O4S/c1-5-23-16-18-24(19-17-23)20-21-28(3,22(2)30)27(31)32-29(4,25-12-8-6-9-13-25)26-14-10-7-11-15-26;1-3-20-11-13-21(14-12-20)15-16-25(19(2)26,18-22-8-5-4-6-9-22)24(27)28-23-10-7-17-29-23;1-7-16-9-8-15(12-13(16)2)10-11-19(14(3)24,20(21,22)23)17(25)26-18(4,5)6;1-7-14-8-10-15(11-9-14)12-13-18(5,23(6,20)21)16(19)22-17(2,3)4/h5-19H,1,20-21H2,2-4H3;3-9,11-14,17,23H,1,10,15-16,18H2,2H3;7-9,12H,1,10-11H2,2-6H3;7-11H,1,12-13H2,2-6H3. The molecule has 586 valence electrons. The van der Waals surface area contributed by atoms with E-state index in [1.54, 1.807) is 70.2 Å². The van der Waals surface area contributed by atoms with Crippen LogP contribution in [-0.4, -0.2) is 83.5 Å². The molecule has 5 atom stereocenters. The minimum atomic E-state index is -5.04. The van der Waals surface area contributed by atoms with Crippen LogP contribution < -0.4 is 0 Å². The third kappa shape index (κ3) is 25.1. The van der Waals surface area contributed by atoms with Gasteiger partial charge in [0.05, 0.1) is 0 Å². The molecule has 1 aliphatic heterocycles. The first-order chi connectivity index (χ1) is 51.5. The lowest BCUT2D eigenvalue weighted by atomic mass is 9.74. The number of esters is 4. The van der Waals surface area contributed by atoms with Crippen molar-refractivity contribution in [2.24, 2.45) is 16.2 Å². The van der Waals surface area contributed by atoms with Crippen LogP contribution in [0.3, 0.4) is 0 Å². The van der Waals surface area contributed by atoms with Gasteiger partial charge in [0.1, 0.15) is 33.6 Å². The highest BCUT2D eigenvalue weighted by molar-refractivity contribution is 8.02. The van der Waals surface area contributed by atoms with Gasteiger partial charge < -0.3 is 18.9 Å². The molecule has 0 N–H and O–H groups in total. The molecule has 18 heteroatoms. The van der Waals surface area contributed by atoms with Crippen molar-refractivity contribution in [3.05, 3.63) is 287 Å². The molecular formula is C92H107F3O13S2. The summed E-state index contributed by atoms with van der Waals surface area (Å²) in [7, 11) is -3.61. The second-order valence-corrected chi connectivity index (χ2v) is 33.6. The van der Waals surface area contributed by atoms with Gasteiger partial charge >= 0.3 is 30.1 Å². The quantitative estimate of drug-likeness (QED) is 0.0235. The van der Waals surface area contributed by atoms with Crippen LogP contribution in [0, 0.1) is 23.2 Å². The molecule has 7 aromatic rings. The summed E-state index contributed by atoms with van der Waals surface area (Å²) >= 11 is 1.48. The van der Waals surface area contributed by atoms with Gasteiger partial charge in [-0.3, -0.25) is 33.6 Å². The van der Waals surface area contributed by atoms with E-state index in [1.165, 1.54) is 53.3 Å². The molecule has 7 aromatic carbocycles. The zero-order valence-corrected chi connectivity index (χ0v) is 67.7. The largest absolute Gasteiger partial charge is 0.459 e. The Hall–Kier alpha value is -9.78. The molecule has 0 radical (unpaired) electrons. The fourth-order valence-corrected chi connectivity index (χ4v) is 13.5. The van der Waals surface area contributed by atoms with Gasteiger partial charge in [-0.1, -0.05) is 250 Å². The zero-order chi connectivity index (χ0) is 82.1. The van der Waals surface area contributed by atoms with E-state index >= 15 is 0 Å². The topological polar surface area (TPSA) is 191 Å². The van der Waals surface area contributed by atoms with E-state index in [9.17, 15) is 55.2 Å². The highest BCUT2D eigenvalue weighted by Crippen LogP contribution is 2.46. The van der Waals surface area contributed by atoms with Crippen molar-refractivity contribution < 1.29 is 74.1 Å². The molecule has 0 aromatic heterocycles. The zero-order valence-electron chi connectivity index (χ0n) is 66.0. The van der Waals surface area contributed by atoms with E-state index in [0.29, 0.717) is 50.5 Å². The summed E-state index contributed by atoms with van der Waals surface area (Å²) in [4.78, 5) is 89.2. The minimum absolute atomic E-state index is 0.0867. The van der Waals surface area contributed by atoms with Crippen molar-refractivity contribution in [1.82, 2.24) is 0 Å². The predicted molar refractivity (Wildman–Crippen MR) is 437 cm³/mol. The van der Waals surface area contributed by atoms with Crippen molar-refractivity contribution in [3.8, 4) is 0 Å². The van der Waals surface area contributed by atoms with Gasteiger partial charge in [0.15, 0.2) is 31.4 Å². The summed E-state index contributed by atoms with van der Waals surface area (Å²) in [5, 5.41) is 1.94. The van der Waals surface area contributed by atoms with Crippen molar-refractivity contribution in [1.29, 1.82) is 0 Å². The Morgan fingerprint density at radius 1 is 0.473 bits per heavy atom. The number of hydrogen-bond donors (Lipinski definition) is 0. The maximum Gasteiger partial charge on any atom is 0.411 e. The smallest absolute Gasteiger partial charge is 0.411 e. The Labute approximate surface area is 653 Å². The summed E-state index contributed by atoms with van der Waals surface area (Å²) in [6.07, 6.45) is 7.87. The fraction of sp³-hybridized carbons (Fsp3) is 0.359. The van der Waals surface area contributed by atoms with E-state index in [-0.39, 0.29) is 29.8 Å². The Kier molecular flexibility index (Phi) is 32.8. The third-order valence-electron chi connectivity index (χ3n) is 19.6. The SMILES string of the molecule is C=Cc1ccc(CCC(C(C)=O)(C(=O)OC(C)(C)C)C(F)(F)F)cc1C.C=Cc1ccc(CCC(C)(C(=O)OC(C)(C)C)S(C)(=O)=O)cc1.C=Cc1ccc(CCC(C)(C(C)=O)C(=O)OC(C)(c2ccccc2)c2ccccc2)cc1.C=Cc1ccc(CCC(Cc2ccccc2)(C(C)=O)C(=O)OC2CC=CS2)cc1. The lowest BCUT2D eigenvalue weighted by molar-refractivity contribution is -0.235. The fourth-order valence-electron chi connectivity index (χ4n) is 12.0. The molecule has 0 spiro atoms. The minimum Gasteiger partial charge on any atom is -0.459 e. The number of alkyl halides is 3. The molecule has 1 aliphatic rings. The number of benzene rings is 7. The molecule has 0 saturated heterocycles. The van der Waals surface area contributed by atoms with E-state index in [2.05, 4.69) is 26.3 Å². The highest BCUT2D eigenvalue weighted by atomic mass is 32.2. The average Bonchev–Trinajstić information content (AvgIpc) is 0.816. The number of halogens is 3. The third-order valence-corrected chi connectivity index (χ3v) is 22.5. The van der Waals surface area contributed by atoms with Gasteiger partial charge in [-0.25, -0.2) is 8.42 Å². The molecule has 0 fully saturated rings. The number of carbonyl (C=O) groups excluding carboxylic acids is 7. The molecule has 8 rings (SSSR count). The number of hydrogen-bond acceptors (Lipinski definition) is 14. The van der Waals surface area contributed by atoms with Crippen LogP contribution >= 0.6 is 11.8 Å². The van der Waals surface area contributed by atoms with Gasteiger partial charge in [-0.2, -0.15) is 13.2 Å². The van der Waals surface area contributed by atoms with Crippen LogP contribution in [-0.2, 0) is 100 Å². The van der Waals surface area contributed by atoms with Crippen LogP contribution in [0.1, 0.15) is 182 Å². The molecule has 13 nitrogen and oxygen atoms in total. The number of sulfone groups is 1. The molecular weight excluding hydrogens is 1430 g/mol.